The maximum Gasteiger partial charge on any atom is 0.229 e. The standard InChI is InChI=1S/C25H24N6O3S2/c1-34-22-9-8-18(16-20(22)29-36(2,32)33)31-24(23(28-25(31)35)19-6-3-4-12-27-19)21-7-5-15-30(21)17-10-13-26-14-11-17/h3-16,23-24,29H,1-2H3,(H,28,35)/t23-,24-/m1/s1. The Morgan fingerprint density at radius 1 is 1.03 bits per heavy atom. The van der Waals surface area contributed by atoms with E-state index in [0.717, 1.165) is 23.3 Å². The number of anilines is 2. The first kappa shape index (κ1) is 23.8. The molecule has 1 aliphatic heterocycles. The molecule has 36 heavy (non-hydrogen) atoms. The first-order valence-corrected chi connectivity index (χ1v) is 13.4. The Hall–Kier alpha value is -3.96. The molecule has 0 spiro atoms. The fraction of sp³-hybridized carbons (Fsp3) is 0.160. The van der Waals surface area contributed by atoms with Gasteiger partial charge in [0, 0.05) is 41.9 Å². The highest BCUT2D eigenvalue weighted by Crippen LogP contribution is 2.43. The largest absolute Gasteiger partial charge is 0.495 e. The highest BCUT2D eigenvalue weighted by molar-refractivity contribution is 7.92. The molecule has 5 rings (SSSR count). The predicted octanol–water partition coefficient (Wildman–Crippen LogP) is 3.82. The van der Waals surface area contributed by atoms with Crippen LogP contribution in [0.1, 0.15) is 23.5 Å². The number of nitrogens with zero attached hydrogens (tertiary/aromatic N) is 4. The van der Waals surface area contributed by atoms with Gasteiger partial charge in [0.1, 0.15) is 11.8 Å². The molecule has 0 aliphatic carbocycles. The molecule has 184 valence electrons. The third-order valence-electron chi connectivity index (χ3n) is 5.88. The molecule has 4 heterocycles. The van der Waals surface area contributed by atoms with Crippen molar-refractivity contribution in [2.75, 3.05) is 23.0 Å². The number of thiocarbonyl (C=S) groups is 1. The summed E-state index contributed by atoms with van der Waals surface area (Å²) in [4.78, 5) is 10.7. The van der Waals surface area contributed by atoms with Gasteiger partial charge in [0.2, 0.25) is 10.0 Å². The van der Waals surface area contributed by atoms with Crippen molar-refractivity contribution in [3.05, 3.63) is 96.8 Å². The summed E-state index contributed by atoms with van der Waals surface area (Å²) in [5.41, 5.74) is 3.78. The lowest BCUT2D eigenvalue weighted by Crippen LogP contribution is -2.30. The quantitative estimate of drug-likeness (QED) is 0.355. The van der Waals surface area contributed by atoms with Crippen molar-refractivity contribution in [2.45, 2.75) is 12.1 Å². The van der Waals surface area contributed by atoms with Gasteiger partial charge < -0.3 is 19.5 Å². The molecule has 1 aromatic carbocycles. The maximum atomic E-state index is 12.0. The topological polar surface area (TPSA) is 101 Å². The maximum absolute atomic E-state index is 12.0. The van der Waals surface area contributed by atoms with E-state index in [1.807, 2.05) is 59.6 Å². The van der Waals surface area contributed by atoms with E-state index in [2.05, 4.69) is 24.6 Å². The van der Waals surface area contributed by atoms with E-state index < -0.39 is 10.0 Å². The fourth-order valence-corrected chi connectivity index (χ4v) is 5.34. The van der Waals surface area contributed by atoms with Gasteiger partial charge in [-0.3, -0.25) is 14.7 Å². The van der Waals surface area contributed by atoms with Gasteiger partial charge in [0.05, 0.1) is 30.8 Å². The van der Waals surface area contributed by atoms with E-state index in [-0.39, 0.29) is 12.1 Å². The van der Waals surface area contributed by atoms with Gasteiger partial charge in [0.15, 0.2) is 5.11 Å². The van der Waals surface area contributed by atoms with Crippen molar-refractivity contribution in [2.24, 2.45) is 0 Å². The first-order chi connectivity index (χ1) is 17.4. The van der Waals surface area contributed by atoms with E-state index in [9.17, 15) is 8.42 Å². The van der Waals surface area contributed by atoms with Crippen molar-refractivity contribution in [3.63, 3.8) is 0 Å². The van der Waals surface area contributed by atoms with Gasteiger partial charge in [-0.05, 0) is 66.8 Å². The molecule has 0 amide bonds. The second-order valence-electron chi connectivity index (χ2n) is 8.26. The molecule has 0 unspecified atom stereocenters. The Balaban J connectivity index is 1.67. The molecule has 0 saturated carbocycles. The van der Waals surface area contributed by atoms with Crippen LogP contribution in [-0.4, -0.2) is 41.4 Å². The number of benzene rings is 1. The zero-order valence-corrected chi connectivity index (χ0v) is 21.2. The van der Waals surface area contributed by atoms with Crippen LogP contribution in [0.2, 0.25) is 0 Å². The molecule has 1 saturated heterocycles. The molecular weight excluding hydrogens is 496 g/mol. The Morgan fingerprint density at radius 2 is 1.83 bits per heavy atom. The fourth-order valence-electron chi connectivity index (χ4n) is 4.43. The Morgan fingerprint density at radius 3 is 2.53 bits per heavy atom. The number of nitrogens with one attached hydrogen (secondary N) is 2. The normalized spacial score (nSPS) is 17.6. The van der Waals surface area contributed by atoms with Crippen LogP contribution in [0.5, 0.6) is 5.75 Å². The van der Waals surface area contributed by atoms with E-state index in [0.29, 0.717) is 22.2 Å². The molecule has 0 bridgehead atoms. The Labute approximate surface area is 214 Å². The average molecular weight is 521 g/mol. The smallest absolute Gasteiger partial charge is 0.229 e. The van der Waals surface area contributed by atoms with E-state index >= 15 is 0 Å². The predicted molar refractivity (Wildman–Crippen MR) is 143 cm³/mol. The summed E-state index contributed by atoms with van der Waals surface area (Å²) in [6, 6.07) is 18.4. The summed E-state index contributed by atoms with van der Waals surface area (Å²) in [6.45, 7) is 0. The van der Waals surface area contributed by atoms with Crippen LogP contribution in [0.15, 0.2) is 85.5 Å². The summed E-state index contributed by atoms with van der Waals surface area (Å²) >= 11 is 5.82. The number of ether oxygens (including phenoxy) is 1. The monoisotopic (exact) mass is 520 g/mol. The molecule has 1 aliphatic rings. The molecule has 0 radical (unpaired) electrons. The van der Waals surface area contributed by atoms with Gasteiger partial charge in [-0.2, -0.15) is 0 Å². The third-order valence-corrected chi connectivity index (χ3v) is 6.78. The molecule has 9 nitrogen and oxygen atoms in total. The van der Waals surface area contributed by atoms with Gasteiger partial charge in [-0.15, -0.1) is 0 Å². The van der Waals surface area contributed by atoms with Crippen molar-refractivity contribution in [1.29, 1.82) is 0 Å². The van der Waals surface area contributed by atoms with E-state index in [1.165, 1.54) is 7.11 Å². The second kappa shape index (κ2) is 9.59. The third kappa shape index (κ3) is 4.62. The first-order valence-electron chi connectivity index (χ1n) is 11.1. The Kier molecular flexibility index (Phi) is 6.33. The average Bonchev–Trinajstić information content (AvgIpc) is 3.48. The number of sulfonamides is 1. The molecule has 3 aromatic heterocycles. The summed E-state index contributed by atoms with van der Waals surface area (Å²) in [5, 5.41) is 3.93. The number of aromatic nitrogens is 3. The number of rotatable bonds is 7. The van der Waals surface area contributed by atoms with Crippen LogP contribution < -0.4 is 19.7 Å². The number of hydrogen-bond acceptors (Lipinski definition) is 6. The zero-order chi connectivity index (χ0) is 25.3. The molecule has 4 aromatic rings. The summed E-state index contributed by atoms with van der Waals surface area (Å²) in [7, 11) is -2.04. The second-order valence-corrected chi connectivity index (χ2v) is 10.4. The summed E-state index contributed by atoms with van der Waals surface area (Å²) in [5.74, 6) is 0.403. The Bertz CT molecular complexity index is 1490. The molecule has 11 heteroatoms. The number of pyridine rings is 2. The molecule has 1 fully saturated rings. The van der Waals surface area contributed by atoms with Gasteiger partial charge in [-0.25, -0.2) is 8.42 Å². The van der Waals surface area contributed by atoms with Crippen LogP contribution in [0.3, 0.4) is 0 Å². The lowest BCUT2D eigenvalue weighted by atomic mass is 10.0. The minimum Gasteiger partial charge on any atom is -0.495 e. The van der Waals surface area contributed by atoms with Gasteiger partial charge in [-0.1, -0.05) is 6.07 Å². The summed E-state index contributed by atoms with van der Waals surface area (Å²) in [6.07, 6.45) is 8.34. The van der Waals surface area contributed by atoms with Crippen molar-refractivity contribution >= 4 is 38.7 Å². The summed E-state index contributed by atoms with van der Waals surface area (Å²) < 4.78 is 34.1. The van der Waals surface area contributed by atoms with Crippen LogP contribution >= 0.6 is 12.2 Å². The molecule has 2 atom stereocenters. The van der Waals surface area contributed by atoms with Crippen LogP contribution in [0.25, 0.3) is 5.69 Å². The minimum absolute atomic E-state index is 0.261. The molecule has 2 N–H and O–H groups in total. The zero-order valence-electron chi connectivity index (χ0n) is 19.6. The van der Waals surface area contributed by atoms with Gasteiger partial charge >= 0.3 is 0 Å². The number of methoxy groups -OCH3 is 1. The number of hydrogen-bond donors (Lipinski definition) is 2. The molecular formula is C25H24N6O3S2. The highest BCUT2D eigenvalue weighted by Gasteiger charge is 2.42. The SMILES string of the molecule is COc1ccc(N2C(=S)N[C@H](c3ccccn3)[C@H]2c2cccn2-c2ccncc2)cc1NS(C)(=O)=O. The van der Waals surface area contributed by atoms with Crippen LogP contribution in [-0.2, 0) is 10.0 Å². The van der Waals surface area contributed by atoms with Crippen LogP contribution in [0.4, 0.5) is 11.4 Å². The minimum atomic E-state index is -3.53. The van der Waals surface area contributed by atoms with Crippen molar-refractivity contribution < 1.29 is 13.2 Å². The van der Waals surface area contributed by atoms with E-state index in [1.54, 1.807) is 30.7 Å². The van der Waals surface area contributed by atoms with Gasteiger partial charge in [0.25, 0.3) is 0 Å². The van der Waals surface area contributed by atoms with E-state index in [4.69, 9.17) is 17.0 Å². The van der Waals surface area contributed by atoms with Crippen LogP contribution in [0, 0.1) is 0 Å². The van der Waals surface area contributed by atoms with Crippen molar-refractivity contribution in [3.8, 4) is 11.4 Å². The lowest BCUT2D eigenvalue weighted by molar-refractivity contribution is 0.417. The lowest BCUT2D eigenvalue weighted by Gasteiger charge is -2.29. The van der Waals surface area contributed by atoms with Crippen molar-refractivity contribution in [1.82, 2.24) is 19.9 Å². The highest BCUT2D eigenvalue weighted by atomic mass is 32.2.